The van der Waals surface area contributed by atoms with Crippen molar-refractivity contribution >= 4 is 33.2 Å². The summed E-state index contributed by atoms with van der Waals surface area (Å²) in [4.78, 5) is 12.5. The molecule has 29 heavy (non-hydrogen) atoms. The van der Waals surface area contributed by atoms with Crippen LogP contribution in [0, 0.1) is 0 Å². The number of hydrogen-bond donors (Lipinski definition) is 1. The van der Waals surface area contributed by atoms with E-state index in [1.54, 1.807) is 12.1 Å². The van der Waals surface area contributed by atoms with Gasteiger partial charge in [0.15, 0.2) is 0 Å². The summed E-state index contributed by atoms with van der Waals surface area (Å²) < 4.78 is 37.6. The zero-order valence-corrected chi connectivity index (χ0v) is 17.6. The van der Waals surface area contributed by atoms with E-state index in [0.717, 1.165) is 11.3 Å². The SMILES string of the molecule is CCOc1ccc(CC(=O)Nc2cc(S(=O)(=O)N3CCOCC3)ccc2Cl)cc1. The number of nitrogens with one attached hydrogen (secondary N) is 1. The van der Waals surface area contributed by atoms with Crippen LogP contribution in [0.25, 0.3) is 0 Å². The Kier molecular flexibility index (Phi) is 7.13. The molecule has 7 nitrogen and oxygen atoms in total. The Morgan fingerprint density at radius 1 is 1.17 bits per heavy atom. The number of rotatable bonds is 7. The van der Waals surface area contributed by atoms with Gasteiger partial charge in [-0.15, -0.1) is 0 Å². The van der Waals surface area contributed by atoms with Gasteiger partial charge in [-0.05, 0) is 42.8 Å². The average Bonchev–Trinajstić information content (AvgIpc) is 2.72. The molecule has 1 N–H and O–H groups in total. The second kappa shape index (κ2) is 9.58. The highest BCUT2D eigenvalue weighted by molar-refractivity contribution is 7.89. The van der Waals surface area contributed by atoms with Crippen molar-refractivity contribution in [1.82, 2.24) is 4.31 Å². The first-order valence-corrected chi connectivity index (χ1v) is 11.1. The number of ether oxygens (including phenoxy) is 2. The number of anilines is 1. The maximum absolute atomic E-state index is 12.8. The fourth-order valence-corrected chi connectivity index (χ4v) is 4.55. The summed E-state index contributed by atoms with van der Waals surface area (Å²) in [6.45, 7) is 3.78. The summed E-state index contributed by atoms with van der Waals surface area (Å²) in [5.74, 6) is 0.442. The maximum atomic E-state index is 12.8. The Balaban J connectivity index is 1.71. The fourth-order valence-electron chi connectivity index (χ4n) is 2.95. The highest BCUT2D eigenvalue weighted by Gasteiger charge is 2.27. The minimum absolute atomic E-state index is 0.0835. The van der Waals surface area contributed by atoms with Gasteiger partial charge in [0, 0.05) is 13.1 Å². The smallest absolute Gasteiger partial charge is 0.243 e. The van der Waals surface area contributed by atoms with Crippen LogP contribution in [-0.2, 0) is 26.0 Å². The van der Waals surface area contributed by atoms with Crippen molar-refractivity contribution in [3.05, 3.63) is 53.1 Å². The van der Waals surface area contributed by atoms with Crippen molar-refractivity contribution in [3.63, 3.8) is 0 Å². The number of morpholine rings is 1. The molecule has 3 rings (SSSR count). The van der Waals surface area contributed by atoms with Crippen LogP contribution < -0.4 is 10.1 Å². The Bertz CT molecular complexity index is 957. The Labute approximate surface area is 175 Å². The summed E-state index contributed by atoms with van der Waals surface area (Å²) in [6, 6.07) is 11.5. The fraction of sp³-hybridized carbons (Fsp3) is 0.350. The molecule has 2 aromatic carbocycles. The molecule has 1 amide bonds. The number of halogens is 1. The van der Waals surface area contributed by atoms with Gasteiger partial charge in [0.1, 0.15) is 5.75 Å². The van der Waals surface area contributed by atoms with Crippen molar-refractivity contribution in [2.45, 2.75) is 18.2 Å². The van der Waals surface area contributed by atoms with E-state index in [-0.39, 0.29) is 27.9 Å². The first-order valence-electron chi connectivity index (χ1n) is 9.29. The molecule has 1 heterocycles. The normalized spacial score (nSPS) is 15.1. The van der Waals surface area contributed by atoms with E-state index >= 15 is 0 Å². The Hall–Kier alpha value is -2.13. The molecule has 0 aromatic heterocycles. The molecular formula is C20H23ClN2O5S. The topological polar surface area (TPSA) is 84.9 Å². The molecule has 0 aliphatic carbocycles. The lowest BCUT2D eigenvalue weighted by Crippen LogP contribution is -2.40. The van der Waals surface area contributed by atoms with Crippen LogP contribution >= 0.6 is 11.6 Å². The van der Waals surface area contributed by atoms with Crippen molar-refractivity contribution < 1.29 is 22.7 Å². The van der Waals surface area contributed by atoms with Crippen LogP contribution in [0.4, 0.5) is 5.69 Å². The monoisotopic (exact) mass is 438 g/mol. The number of hydrogen-bond acceptors (Lipinski definition) is 5. The van der Waals surface area contributed by atoms with Crippen LogP contribution in [0.15, 0.2) is 47.4 Å². The summed E-state index contributed by atoms with van der Waals surface area (Å²) >= 11 is 6.18. The first-order chi connectivity index (χ1) is 13.9. The third-order valence-electron chi connectivity index (χ3n) is 4.42. The van der Waals surface area contributed by atoms with Gasteiger partial charge >= 0.3 is 0 Å². The number of amides is 1. The van der Waals surface area contributed by atoms with E-state index in [0.29, 0.717) is 32.9 Å². The molecule has 0 spiro atoms. The molecule has 1 aliphatic heterocycles. The number of benzene rings is 2. The van der Waals surface area contributed by atoms with Gasteiger partial charge in [-0.25, -0.2) is 8.42 Å². The Morgan fingerprint density at radius 2 is 1.86 bits per heavy atom. The average molecular weight is 439 g/mol. The third kappa shape index (κ3) is 5.48. The van der Waals surface area contributed by atoms with Crippen molar-refractivity contribution in [3.8, 4) is 5.75 Å². The highest BCUT2D eigenvalue weighted by atomic mass is 35.5. The standard InChI is InChI=1S/C20H23ClN2O5S/c1-2-28-16-5-3-15(4-6-16)13-20(24)22-19-14-17(7-8-18(19)21)29(25,26)23-9-11-27-12-10-23/h3-8,14H,2,9-13H2,1H3,(H,22,24). The van der Waals surface area contributed by atoms with Gasteiger partial charge in [0.2, 0.25) is 15.9 Å². The van der Waals surface area contributed by atoms with Gasteiger partial charge in [-0.3, -0.25) is 4.79 Å². The number of sulfonamides is 1. The predicted octanol–water partition coefficient (Wildman–Crippen LogP) is 2.94. The van der Waals surface area contributed by atoms with E-state index in [2.05, 4.69) is 5.32 Å². The largest absolute Gasteiger partial charge is 0.494 e. The van der Waals surface area contributed by atoms with Crippen molar-refractivity contribution in [2.24, 2.45) is 0 Å². The predicted molar refractivity (Wildman–Crippen MR) is 111 cm³/mol. The zero-order valence-electron chi connectivity index (χ0n) is 16.1. The molecule has 0 radical (unpaired) electrons. The van der Waals surface area contributed by atoms with Crippen LogP contribution in [0.5, 0.6) is 5.75 Å². The van der Waals surface area contributed by atoms with Gasteiger partial charge in [-0.1, -0.05) is 23.7 Å². The molecular weight excluding hydrogens is 416 g/mol. The van der Waals surface area contributed by atoms with E-state index < -0.39 is 10.0 Å². The molecule has 0 unspecified atom stereocenters. The molecule has 1 saturated heterocycles. The van der Waals surface area contributed by atoms with E-state index in [4.69, 9.17) is 21.1 Å². The summed E-state index contributed by atoms with van der Waals surface area (Å²) in [5.41, 5.74) is 1.07. The molecule has 9 heteroatoms. The third-order valence-corrected chi connectivity index (χ3v) is 6.64. The van der Waals surface area contributed by atoms with Gasteiger partial charge in [0.05, 0.1) is 41.8 Å². The molecule has 1 aliphatic rings. The van der Waals surface area contributed by atoms with Crippen LogP contribution in [0.3, 0.4) is 0 Å². The lowest BCUT2D eigenvalue weighted by Gasteiger charge is -2.26. The van der Waals surface area contributed by atoms with Gasteiger partial charge < -0.3 is 14.8 Å². The molecule has 0 saturated carbocycles. The quantitative estimate of drug-likeness (QED) is 0.718. The van der Waals surface area contributed by atoms with Crippen LogP contribution in [0.2, 0.25) is 5.02 Å². The van der Waals surface area contributed by atoms with Crippen LogP contribution in [-0.4, -0.2) is 51.5 Å². The summed E-state index contributed by atoms with van der Waals surface area (Å²) in [6.07, 6.45) is 0.128. The van der Waals surface area contributed by atoms with Crippen LogP contribution in [0.1, 0.15) is 12.5 Å². The molecule has 1 fully saturated rings. The van der Waals surface area contributed by atoms with E-state index in [9.17, 15) is 13.2 Å². The summed E-state index contributed by atoms with van der Waals surface area (Å²) in [5, 5.41) is 2.97. The minimum Gasteiger partial charge on any atom is -0.494 e. The molecule has 156 valence electrons. The van der Waals surface area contributed by atoms with Crippen molar-refractivity contribution in [2.75, 3.05) is 38.2 Å². The number of carbonyl (C=O) groups excluding carboxylic acids is 1. The lowest BCUT2D eigenvalue weighted by molar-refractivity contribution is -0.115. The zero-order chi connectivity index (χ0) is 20.9. The lowest BCUT2D eigenvalue weighted by atomic mass is 10.1. The summed E-state index contributed by atoms with van der Waals surface area (Å²) in [7, 11) is -3.68. The number of carbonyl (C=O) groups is 1. The van der Waals surface area contributed by atoms with E-state index in [1.807, 2.05) is 19.1 Å². The second-order valence-electron chi connectivity index (χ2n) is 6.46. The molecule has 0 bridgehead atoms. The molecule has 0 atom stereocenters. The first kappa shape index (κ1) is 21.6. The molecule has 2 aromatic rings. The highest BCUT2D eigenvalue weighted by Crippen LogP contribution is 2.27. The second-order valence-corrected chi connectivity index (χ2v) is 8.81. The van der Waals surface area contributed by atoms with Gasteiger partial charge in [0.25, 0.3) is 0 Å². The minimum atomic E-state index is -3.68. The van der Waals surface area contributed by atoms with Gasteiger partial charge in [-0.2, -0.15) is 4.31 Å². The number of nitrogens with zero attached hydrogens (tertiary/aromatic N) is 1. The van der Waals surface area contributed by atoms with E-state index in [1.165, 1.54) is 22.5 Å². The Morgan fingerprint density at radius 3 is 2.52 bits per heavy atom. The van der Waals surface area contributed by atoms with Crippen molar-refractivity contribution in [1.29, 1.82) is 0 Å². The maximum Gasteiger partial charge on any atom is 0.243 e.